The number of hydrogen-bond donors (Lipinski definition) is 3. The van der Waals surface area contributed by atoms with Gasteiger partial charge in [-0.25, -0.2) is 9.59 Å². The molecule has 0 radical (unpaired) electrons. The highest BCUT2D eigenvalue weighted by Crippen LogP contribution is 2.46. The third kappa shape index (κ3) is 3.99. The molecule has 8 nitrogen and oxygen atoms in total. The Labute approximate surface area is 153 Å². The molecular formula is C18H29N3O5. The van der Waals surface area contributed by atoms with Crippen LogP contribution in [0, 0.1) is 17.3 Å². The number of carbonyl (C=O) groups excluding carboxylic acids is 3. The molecule has 146 valence electrons. The Morgan fingerprint density at radius 2 is 1.92 bits per heavy atom. The average Bonchev–Trinajstić information content (AvgIpc) is 2.65. The van der Waals surface area contributed by atoms with E-state index in [0.29, 0.717) is 12.8 Å². The van der Waals surface area contributed by atoms with Crippen molar-refractivity contribution in [1.82, 2.24) is 15.5 Å². The van der Waals surface area contributed by atoms with Crippen LogP contribution in [0.5, 0.6) is 0 Å². The minimum absolute atomic E-state index is 0.0923. The van der Waals surface area contributed by atoms with Gasteiger partial charge in [-0.2, -0.15) is 0 Å². The Bertz CT molecular complexity index is 630. The molecule has 1 saturated carbocycles. The highest BCUT2D eigenvalue weighted by Gasteiger charge is 2.56. The molecule has 3 N–H and O–H groups in total. The van der Waals surface area contributed by atoms with Crippen LogP contribution in [0.3, 0.4) is 0 Å². The second kappa shape index (κ2) is 6.89. The molecule has 0 bridgehead atoms. The number of nitrogens with zero attached hydrogens (tertiary/aromatic N) is 1. The molecule has 2 rings (SSSR count). The van der Waals surface area contributed by atoms with Crippen molar-refractivity contribution in [3.63, 3.8) is 0 Å². The van der Waals surface area contributed by atoms with Gasteiger partial charge in [0.05, 0.1) is 0 Å². The maximum absolute atomic E-state index is 13.0. The number of urea groups is 1. The normalized spacial score (nSPS) is 29.0. The summed E-state index contributed by atoms with van der Waals surface area (Å²) < 4.78 is 0. The largest absolute Gasteiger partial charge is 0.480 e. The van der Waals surface area contributed by atoms with Crippen molar-refractivity contribution < 1.29 is 24.3 Å². The molecule has 3 atom stereocenters. The molecular weight excluding hydrogens is 338 g/mol. The molecule has 8 heteroatoms. The number of nitrogens with one attached hydrogen (secondary N) is 2. The van der Waals surface area contributed by atoms with Gasteiger partial charge < -0.3 is 15.7 Å². The van der Waals surface area contributed by atoms with E-state index in [1.165, 1.54) is 0 Å². The second-order valence-electron chi connectivity index (χ2n) is 8.89. The van der Waals surface area contributed by atoms with Crippen LogP contribution < -0.4 is 10.6 Å². The van der Waals surface area contributed by atoms with Crippen LogP contribution in [0.2, 0.25) is 0 Å². The summed E-state index contributed by atoms with van der Waals surface area (Å²) >= 11 is 0. The van der Waals surface area contributed by atoms with E-state index in [2.05, 4.69) is 31.4 Å². The van der Waals surface area contributed by atoms with Gasteiger partial charge in [-0.15, -0.1) is 0 Å². The lowest BCUT2D eigenvalue weighted by Gasteiger charge is -2.43. The van der Waals surface area contributed by atoms with E-state index in [1.54, 1.807) is 13.8 Å². The molecule has 1 saturated heterocycles. The third-order valence-corrected chi connectivity index (χ3v) is 5.18. The Kier molecular flexibility index (Phi) is 5.35. The van der Waals surface area contributed by atoms with Gasteiger partial charge in [0.2, 0.25) is 5.91 Å². The van der Waals surface area contributed by atoms with E-state index in [1.807, 2.05) is 0 Å². The van der Waals surface area contributed by atoms with Crippen molar-refractivity contribution in [2.75, 3.05) is 6.54 Å². The van der Waals surface area contributed by atoms with Gasteiger partial charge in [0, 0.05) is 0 Å². The van der Waals surface area contributed by atoms with Crippen LogP contribution in [0.1, 0.15) is 53.9 Å². The zero-order chi connectivity index (χ0) is 19.9. The summed E-state index contributed by atoms with van der Waals surface area (Å²) in [6, 6.07) is -1.66. The van der Waals surface area contributed by atoms with Gasteiger partial charge in [-0.05, 0) is 36.5 Å². The predicted octanol–water partition coefficient (Wildman–Crippen LogP) is 1.35. The van der Waals surface area contributed by atoms with Gasteiger partial charge in [0.25, 0.3) is 5.91 Å². The smallest absolute Gasteiger partial charge is 0.326 e. The molecule has 0 aromatic rings. The van der Waals surface area contributed by atoms with Gasteiger partial charge in [0.15, 0.2) is 0 Å². The average molecular weight is 367 g/mol. The van der Waals surface area contributed by atoms with Crippen molar-refractivity contribution in [1.29, 1.82) is 0 Å². The first-order valence-corrected chi connectivity index (χ1v) is 9.03. The van der Waals surface area contributed by atoms with Crippen molar-refractivity contribution in [3.05, 3.63) is 0 Å². The van der Waals surface area contributed by atoms with Crippen LogP contribution in [-0.4, -0.2) is 51.9 Å². The van der Waals surface area contributed by atoms with Crippen molar-refractivity contribution in [2.45, 2.75) is 65.5 Å². The zero-order valence-corrected chi connectivity index (χ0v) is 16.1. The molecule has 1 aliphatic heterocycles. The van der Waals surface area contributed by atoms with E-state index < -0.39 is 41.9 Å². The maximum atomic E-state index is 13.0. The number of hydrogen-bond acceptors (Lipinski definition) is 4. The van der Waals surface area contributed by atoms with E-state index in [9.17, 15) is 19.2 Å². The molecule has 26 heavy (non-hydrogen) atoms. The zero-order valence-electron chi connectivity index (χ0n) is 16.1. The fraction of sp³-hybridized carbons (Fsp3) is 0.778. The Morgan fingerprint density at radius 1 is 1.31 bits per heavy atom. The van der Waals surface area contributed by atoms with Crippen molar-refractivity contribution >= 4 is 23.8 Å². The quantitative estimate of drug-likeness (QED) is 0.634. The number of imide groups is 1. The lowest BCUT2D eigenvalue weighted by molar-refractivity contribution is -0.143. The van der Waals surface area contributed by atoms with Gasteiger partial charge in [-0.3, -0.25) is 14.5 Å². The molecule has 2 fully saturated rings. The van der Waals surface area contributed by atoms with E-state index in [-0.39, 0.29) is 17.3 Å². The number of carboxylic acid groups (broad SMARTS) is 1. The van der Waals surface area contributed by atoms with Gasteiger partial charge in [-0.1, -0.05) is 34.6 Å². The van der Waals surface area contributed by atoms with Crippen LogP contribution in [-0.2, 0) is 14.4 Å². The summed E-state index contributed by atoms with van der Waals surface area (Å²) in [6.45, 7) is 9.06. The predicted molar refractivity (Wildman–Crippen MR) is 94.2 cm³/mol. The topological polar surface area (TPSA) is 116 Å². The Hall–Kier alpha value is -2.12. The molecule has 1 spiro atoms. The molecule has 4 amide bonds. The highest BCUT2D eigenvalue weighted by atomic mass is 16.4. The van der Waals surface area contributed by atoms with E-state index in [0.717, 1.165) is 11.3 Å². The minimum Gasteiger partial charge on any atom is -0.480 e. The summed E-state index contributed by atoms with van der Waals surface area (Å²) in [5, 5.41) is 14.4. The van der Waals surface area contributed by atoms with Gasteiger partial charge in [0.1, 0.15) is 18.1 Å². The first-order chi connectivity index (χ1) is 11.9. The monoisotopic (exact) mass is 367 g/mol. The first kappa shape index (κ1) is 20.2. The summed E-state index contributed by atoms with van der Waals surface area (Å²) in [7, 11) is 0. The molecule has 1 heterocycles. The molecule has 2 unspecified atom stereocenters. The van der Waals surface area contributed by atoms with Crippen LogP contribution in [0.4, 0.5) is 4.79 Å². The fourth-order valence-electron chi connectivity index (χ4n) is 4.53. The van der Waals surface area contributed by atoms with Crippen LogP contribution in [0.25, 0.3) is 0 Å². The van der Waals surface area contributed by atoms with E-state index >= 15 is 0 Å². The molecule has 0 aromatic heterocycles. The fourth-order valence-corrected chi connectivity index (χ4v) is 4.53. The molecule has 1 aliphatic carbocycles. The maximum Gasteiger partial charge on any atom is 0.326 e. The third-order valence-electron chi connectivity index (χ3n) is 5.18. The Balaban J connectivity index is 2.12. The SMILES string of the molecule is CC1CC(C)(C)CC2(C1)NC(=O)N(CC(=O)N[C@H](C(=O)O)C(C)C)C2=O. The van der Waals surface area contributed by atoms with Gasteiger partial charge >= 0.3 is 12.0 Å². The van der Waals surface area contributed by atoms with E-state index in [4.69, 9.17) is 5.11 Å². The lowest BCUT2D eigenvalue weighted by Crippen LogP contribution is -2.54. The van der Waals surface area contributed by atoms with Crippen molar-refractivity contribution in [3.8, 4) is 0 Å². The summed E-state index contributed by atoms with van der Waals surface area (Å²) in [4.78, 5) is 49.7. The first-order valence-electron chi connectivity index (χ1n) is 9.03. The van der Waals surface area contributed by atoms with Crippen LogP contribution in [0.15, 0.2) is 0 Å². The second-order valence-corrected chi connectivity index (χ2v) is 8.89. The summed E-state index contributed by atoms with van der Waals surface area (Å²) in [5.74, 6) is -2.24. The standard InChI is InChI=1S/C18H29N3O5/c1-10(2)13(14(23)24)19-12(22)8-21-15(25)18(20-16(21)26)7-11(3)6-17(4,5)9-18/h10-11,13H,6-9H2,1-5H3,(H,19,22)(H,20,26)(H,23,24)/t11?,13-,18?/m0/s1. The molecule has 0 aromatic carbocycles. The minimum atomic E-state index is -1.15. The highest BCUT2D eigenvalue weighted by molar-refractivity contribution is 6.09. The number of amides is 4. The number of aliphatic carboxylic acids is 1. The Morgan fingerprint density at radius 3 is 2.42 bits per heavy atom. The number of carboxylic acids is 1. The van der Waals surface area contributed by atoms with Crippen LogP contribution >= 0.6 is 0 Å². The summed E-state index contributed by atoms with van der Waals surface area (Å²) in [5.41, 5.74) is -1.06. The number of rotatable bonds is 5. The lowest BCUT2D eigenvalue weighted by atomic mass is 9.64. The van der Waals surface area contributed by atoms with Crippen molar-refractivity contribution in [2.24, 2.45) is 17.3 Å². The summed E-state index contributed by atoms with van der Waals surface area (Å²) in [6.07, 6.45) is 2.03. The molecule has 2 aliphatic rings. The number of carbonyl (C=O) groups is 4.